The fraction of sp³-hybridized carbons (Fsp3) is 0.125. The van der Waals surface area contributed by atoms with Crippen LogP contribution < -0.4 is 11.1 Å². The largest absolute Gasteiger partial charge is 0.449 e. The maximum absolute atomic E-state index is 13.5. The van der Waals surface area contributed by atoms with Gasteiger partial charge in [-0.15, -0.1) is 0 Å². The van der Waals surface area contributed by atoms with Gasteiger partial charge in [0.2, 0.25) is 0 Å². The lowest BCUT2D eigenvalue weighted by Gasteiger charge is -2.14. The first-order valence-corrected chi connectivity index (χ1v) is 6.80. The van der Waals surface area contributed by atoms with Gasteiger partial charge in [-0.3, -0.25) is 4.79 Å². The third-order valence-corrected chi connectivity index (χ3v) is 3.09. The Kier molecular flexibility index (Phi) is 5.08. The molecule has 0 radical (unpaired) electrons. The summed E-state index contributed by atoms with van der Waals surface area (Å²) in [5, 5.41) is 2.03. The lowest BCUT2D eigenvalue weighted by molar-refractivity contribution is -0.123. The van der Waals surface area contributed by atoms with Crippen LogP contribution in [0.25, 0.3) is 0 Å². The fourth-order valence-electron chi connectivity index (χ4n) is 1.76. The van der Waals surface area contributed by atoms with E-state index < -0.39 is 41.1 Å². The summed E-state index contributed by atoms with van der Waals surface area (Å²) in [6.07, 6.45) is -1.29. The van der Waals surface area contributed by atoms with Gasteiger partial charge in [0, 0.05) is 5.69 Å². The first-order valence-electron chi connectivity index (χ1n) is 6.80. The lowest BCUT2D eigenvalue weighted by atomic mass is 10.2. The van der Waals surface area contributed by atoms with E-state index >= 15 is 0 Å². The van der Waals surface area contributed by atoms with Crippen molar-refractivity contribution in [1.29, 1.82) is 0 Å². The van der Waals surface area contributed by atoms with Crippen LogP contribution in [-0.2, 0) is 9.53 Å². The summed E-state index contributed by atoms with van der Waals surface area (Å²) in [6, 6.07) is 7.32. The number of hydrogen-bond donors (Lipinski definition) is 2. The number of anilines is 2. The number of hydrogen-bond acceptors (Lipinski definition) is 4. The molecular weight excluding hydrogens is 325 g/mol. The van der Waals surface area contributed by atoms with Gasteiger partial charge in [0.15, 0.2) is 23.6 Å². The molecule has 1 amide bonds. The quantitative estimate of drug-likeness (QED) is 0.510. The second-order valence-corrected chi connectivity index (χ2v) is 4.88. The molecule has 0 unspecified atom stereocenters. The van der Waals surface area contributed by atoms with Crippen LogP contribution >= 0.6 is 0 Å². The topological polar surface area (TPSA) is 81.4 Å². The second-order valence-electron chi connectivity index (χ2n) is 4.88. The van der Waals surface area contributed by atoms with Crippen molar-refractivity contribution in [1.82, 2.24) is 0 Å². The third-order valence-electron chi connectivity index (χ3n) is 3.09. The molecule has 2 rings (SSSR count). The van der Waals surface area contributed by atoms with Crippen molar-refractivity contribution in [3.05, 3.63) is 59.4 Å². The maximum atomic E-state index is 13.5. The van der Waals surface area contributed by atoms with E-state index in [9.17, 15) is 22.8 Å². The highest BCUT2D eigenvalue weighted by Gasteiger charge is 2.21. The van der Waals surface area contributed by atoms with Crippen LogP contribution in [0, 0.1) is 17.5 Å². The highest BCUT2D eigenvalue weighted by molar-refractivity contribution is 5.97. The standard InChI is InChI=1S/C16H13F3N2O3/c1-8(24-16(23)9-2-4-10(20)5-3-9)15(22)21-12-7-6-11(17)13(18)14(12)19/h2-8H,20H2,1H3,(H,21,22)/t8-/m0/s1. The van der Waals surface area contributed by atoms with Gasteiger partial charge in [0.1, 0.15) is 0 Å². The van der Waals surface area contributed by atoms with Crippen molar-refractivity contribution in [2.45, 2.75) is 13.0 Å². The second kappa shape index (κ2) is 7.03. The Labute approximate surface area is 135 Å². The zero-order valence-electron chi connectivity index (χ0n) is 12.5. The van der Waals surface area contributed by atoms with Crippen molar-refractivity contribution in [3.63, 3.8) is 0 Å². The SMILES string of the molecule is C[C@H](OC(=O)c1ccc(N)cc1)C(=O)Nc1ccc(F)c(F)c1F. The molecule has 5 nitrogen and oxygen atoms in total. The fourth-order valence-corrected chi connectivity index (χ4v) is 1.76. The van der Waals surface area contributed by atoms with Crippen molar-refractivity contribution in [2.75, 3.05) is 11.1 Å². The van der Waals surface area contributed by atoms with Crippen molar-refractivity contribution < 1.29 is 27.5 Å². The molecule has 0 bridgehead atoms. The molecular formula is C16H13F3N2O3. The number of benzene rings is 2. The number of esters is 1. The van der Waals surface area contributed by atoms with E-state index in [4.69, 9.17) is 10.5 Å². The molecule has 0 spiro atoms. The Morgan fingerprint density at radius 1 is 1.04 bits per heavy atom. The van der Waals surface area contributed by atoms with Gasteiger partial charge < -0.3 is 15.8 Å². The van der Waals surface area contributed by atoms with Gasteiger partial charge in [0.05, 0.1) is 11.3 Å². The third kappa shape index (κ3) is 3.83. The van der Waals surface area contributed by atoms with Crippen LogP contribution in [0.3, 0.4) is 0 Å². The first-order chi connectivity index (χ1) is 11.3. The molecule has 0 aliphatic rings. The average molecular weight is 338 g/mol. The van der Waals surface area contributed by atoms with E-state index in [1.54, 1.807) is 0 Å². The smallest absolute Gasteiger partial charge is 0.338 e. The number of halogens is 3. The van der Waals surface area contributed by atoms with E-state index in [1.165, 1.54) is 31.2 Å². The zero-order chi connectivity index (χ0) is 17.9. The Hall–Kier alpha value is -3.03. The summed E-state index contributed by atoms with van der Waals surface area (Å²) in [6.45, 7) is 1.25. The highest BCUT2D eigenvalue weighted by Crippen LogP contribution is 2.20. The number of rotatable bonds is 4. The van der Waals surface area contributed by atoms with E-state index in [0.717, 1.165) is 6.07 Å². The van der Waals surface area contributed by atoms with Crippen LogP contribution in [-0.4, -0.2) is 18.0 Å². The molecule has 2 aromatic carbocycles. The number of nitrogen functional groups attached to an aromatic ring is 1. The monoisotopic (exact) mass is 338 g/mol. The summed E-state index contributed by atoms with van der Waals surface area (Å²) in [5.41, 5.74) is 5.55. The predicted molar refractivity (Wildman–Crippen MR) is 80.7 cm³/mol. The Bertz CT molecular complexity index is 779. The van der Waals surface area contributed by atoms with E-state index in [1.807, 2.05) is 5.32 Å². The molecule has 3 N–H and O–H groups in total. The minimum atomic E-state index is -1.71. The molecule has 8 heteroatoms. The molecule has 0 aliphatic carbocycles. The Morgan fingerprint density at radius 2 is 1.67 bits per heavy atom. The van der Waals surface area contributed by atoms with E-state index in [2.05, 4.69) is 0 Å². The van der Waals surface area contributed by atoms with Gasteiger partial charge in [-0.1, -0.05) is 0 Å². The summed E-state index contributed by atoms with van der Waals surface area (Å²) < 4.78 is 44.4. The minimum absolute atomic E-state index is 0.169. The van der Waals surface area contributed by atoms with Gasteiger partial charge >= 0.3 is 5.97 Å². The van der Waals surface area contributed by atoms with E-state index in [0.29, 0.717) is 11.8 Å². The van der Waals surface area contributed by atoms with Crippen molar-refractivity contribution in [3.8, 4) is 0 Å². The predicted octanol–water partition coefficient (Wildman–Crippen LogP) is 2.87. The number of carbonyl (C=O) groups is 2. The van der Waals surface area contributed by atoms with Crippen LogP contribution in [0.2, 0.25) is 0 Å². The molecule has 0 heterocycles. The number of carbonyl (C=O) groups excluding carboxylic acids is 2. The molecule has 2 aromatic rings. The highest BCUT2D eigenvalue weighted by atomic mass is 19.2. The van der Waals surface area contributed by atoms with E-state index in [-0.39, 0.29) is 5.56 Å². The van der Waals surface area contributed by atoms with Crippen LogP contribution in [0.1, 0.15) is 17.3 Å². The molecule has 126 valence electrons. The van der Waals surface area contributed by atoms with Crippen molar-refractivity contribution >= 4 is 23.3 Å². The summed E-state index contributed by atoms with van der Waals surface area (Å²) >= 11 is 0. The van der Waals surface area contributed by atoms with Crippen molar-refractivity contribution in [2.24, 2.45) is 0 Å². The zero-order valence-corrected chi connectivity index (χ0v) is 12.5. The summed E-state index contributed by atoms with van der Waals surface area (Å²) in [5.74, 6) is -6.32. The van der Waals surface area contributed by atoms with Gasteiger partial charge in [-0.05, 0) is 43.3 Å². The summed E-state index contributed by atoms with van der Waals surface area (Å²) in [4.78, 5) is 23.8. The molecule has 0 saturated heterocycles. The van der Waals surface area contributed by atoms with Crippen LogP contribution in [0.4, 0.5) is 24.5 Å². The average Bonchev–Trinajstić information content (AvgIpc) is 2.55. The number of amides is 1. The molecule has 0 fully saturated rings. The molecule has 24 heavy (non-hydrogen) atoms. The molecule has 0 aromatic heterocycles. The van der Waals surface area contributed by atoms with Gasteiger partial charge in [-0.2, -0.15) is 0 Å². The maximum Gasteiger partial charge on any atom is 0.338 e. The Morgan fingerprint density at radius 3 is 2.29 bits per heavy atom. The van der Waals surface area contributed by atoms with Crippen LogP contribution in [0.5, 0.6) is 0 Å². The Balaban J connectivity index is 2.03. The first kappa shape index (κ1) is 17.3. The number of ether oxygens (including phenoxy) is 1. The lowest BCUT2D eigenvalue weighted by Crippen LogP contribution is -2.30. The van der Waals surface area contributed by atoms with Gasteiger partial charge in [0.25, 0.3) is 5.91 Å². The number of nitrogens with two attached hydrogens (primary N) is 1. The normalized spacial score (nSPS) is 11.7. The van der Waals surface area contributed by atoms with Gasteiger partial charge in [-0.25, -0.2) is 18.0 Å². The minimum Gasteiger partial charge on any atom is -0.449 e. The molecule has 0 aliphatic heterocycles. The molecule has 1 atom stereocenters. The number of nitrogens with one attached hydrogen (secondary N) is 1. The van der Waals surface area contributed by atoms with Crippen LogP contribution in [0.15, 0.2) is 36.4 Å². The summed E-state index contributed by atoms with van der Waals surface area (Å²) in [7, 11) is 0. The molecule has 0 saturated carbocycles.